The lowest BCUT2D eigenvalue weighted by atomic mass is 10.3. The summed E-state index contributed by atoms with van der Waals surface area (Å²) in [5, 5.41) is 1.58. The highest BCUT2D eigenvalue weighted by molar-refractivity contribution is 9.10. The minimum atomic E-state index is -3.88. The highest BCUT2D eigenvalue weighted by atomic mass is 79.9. The van der Waals surface area contributed by atoms with Crippen molar-refractivity contribution in [2.24, 2.45) is 0 Å². The van der Waals surface area contributed by atoms with Crippen LogP contribution in [0.25, 0.3) is 0 Å². The van der Waals surface area contributed by atoms with Crippen molar-refractivity contribution in [1.29, 1.82) is 0 Å². The Balaban J connectivity index is 2.37. The molecule has 0 radical (unpaired) electrons. The van der Waals surface area contributed by atoms with Crippen molar-refractivity contribution in [2.75, 3.05) is 4.72 Å². The molecule has 0 amide bonds. The molecular weight excluding hydrogens is 348 g/mol. The first-order chi connectivity index (χ1) is 8.40. The van der Waals surface area contributed by atoms with Crippen LogP contribution < -0.4 is 4.72 Å². The third kappa shape index (κ3) is 2.70. The van der Waals surface area contributed by atoms with Crippen LogP contribution in [-0.2, 0) is 10.0 Å². The zero-order chi connectivity index (χ0) is 13.3. The summed E-state index contributed by atoms with van der Waals surface area (Å²) in [6.45, 7) is 0. The fraction of sp³-hybridized carbons (Fsp3) is 0. The molecule has 0 fully saturated rings. The van der Waals surface area contributed by atoms with Gasteiger partial charge in [0, 0.05) is 10.5 Å². The van der Waals surface area contributed by atoms with E-state index in [9.17, 15) is 17.2 Å². The smallest absolute Gasteiger partial charge is 0.272 e. The first-order valence-electron chi connectivity index (χ1n) is 4.61. The molecule has 2 rings (SSSR count). The van der Waals surface area contributed by atoms with Crippen LogP contribution in [0.3, 0.4) is 0 Å². The van der Waals surface area contributed by atoms with E-state index in [1.54, 1.807) is 11.4 Å². The van der Waals surface area contributed by atoms with E-state index in [-0.39, 0.29) is 9.90 Å². The van der Waals surface area contributed by atoms with E-state index in [1.165, 1.54) is 0 Å². The van der Waals surface area contributed by atoms with Crippen molar-refractivity contribution in [2.45, 2.75) is 4.21 Å². The number of anilines is 1. The Morgan fingerprint density at radius 3 is 2.50 bits per heavy atom. The van der Waals surface area contributed by atoms with Crippen LogP contribution in [0.4, 0.5) is 14.5 Å². The van der Waals surface area contributed by atoms with Crippen LogP contribution in [0.15, 0.2) is 38.3 Å². The molecule has 0 aliphatic heterocycles. The SMILES string of the molecule is O=S(=O)(Nc1ccc(F)cc1F)c1sccc1Br. The van der Waals surface area contributed by atoms with Gasteiger partial charge in [0.15, 0.2) is 4.21 Å². The van der Waals surface area contributed by atoms with E-state index in [1.807, 2.05) is 0 Å². The van der Waals surface area contributed by atoms with Gasteiger partial charge in [-0.15, -0.1) is 11.3 Å². The monoisotopic (exact) mass is 353 g/mol. The molecular formula is C10H6BrF2NO2S2. The lowest BCUT2D eigenvalue weighted by Gasteiger charge is -2.07. The standard InChI is InChI=1S/C10H6BrF2NO2S2/c11-7-3-4-17-10(7)18(15,16)14-9-2-1-6(12)5-8(9)13/h1-5,14H. The topological polar surface area (TPSA) is 46.2 Å². The summed E-state index contributed by atoms with van der Waals surface area (Å²) < 4.78 is 52.4. The Hall–Kier alpha value is -0.990. The van der Waals surface area contributed by atoms with Crippen molar-refractivity contribution < 1.29 is 17.2 Å². The highest BCUT2D eigenvalue weighted by Crippen LogP contribution is 2.29. The molecule has 8 heteroatoms. The number of rotatable bonds is 3. The van der Waals surface area contributed by atoms with Gasteiger partial charge >= 0.3 is 0 Å². The van der Waals surface area contributed by atoms with Crippen molar-refractivity contribution in [3.63, 3.8) is 0 Å². The second kappa shape index (κ2) is 4.94. The normalized spacial score (nSPS) is 11.5. The first kappa shape index (κ1) is 13.4. The van der Waals surface area contributed by atoms with Crippen LogP contribution in [0.1, 0.15) is 0 Å². The van der Waals surface area contributed by atoms with Gasteiger partial charge in [-0.3, -0.25) is 4.72 Å². The van der Waals surface area contributed by atoms with Crippen LogP contribution in [0.5, 0.6) is 0 Å². The Morgan fingerprint density at radius 1 is 1.22 bits per heavy atom. The van der Waals surface area contributed by atoms with Crippen LogP contribution in [-0.4, -0.2) is 8.42 Å². The van der Waals surface area contributed by atoms with Gasteiger partial charge < -0.3 is 0 Å². The maximum Gasteiger partial charge on any atom is 0.272 e. The number of thiophene rings is 1. The minimum absolute atomic E-state index is 0.0335. The summed E-state index contributed by atoms with van der Waals surface area (Å²) >= 11 is 4.07. The largest absolute Gasteiger partial charge is 0.276 e. The van der Waals surface area contributed by atoms with Crippen molar-refractivity contribution >= 4 is 43.0 Å². The molecule has 0 spiro atoms. The van der Waals surface area contributed by atoms with E-state index >= 15 is 0 Å². The lowest BCUT2D eigenvalue weighted by Crippen LogP contribution is -2.13. The summed E-state index contributed by atoms with van der Waals surface area (Å²) in [7, 11) is -3.88. The molecule has 0 saturated heterocycles. The molecule has 0 atom stereocenters. The number of hydrogen-bond donors (Lipinski definition) is 1. The second-order valence-corrected chi connectivity index (χ2v) is 6.93. The molecule has 0 aliphatic rings. The van der Waals surface area contributed by atoms with E-state index in [2.05, 4.69) is 20.7 Å². The number of sulfonamides is 1. The summed E-state index contributed by atoms with van der Waals surface area (Å²) in [5.74, 6) is -1.74. The summed E-state index contributed by atoms with van der Waals surface area (Å²) in [6, 6.07) is 4.19. The molecule has 18 heavy (non-hydrogen) atoms. The summed E-state index contributed by atoms with van der Waals surface area (Å²) in [4.78, 5) is 0. The van der Waals surface area contributed by atoms with Crippen LogP contribution in [0.2, 0.25) is 0 Å². The Labute approximate surface area is 115 Å². The Bertz CT molecular complexity index is 685. The number of hydrogen-bond acceptors (Lipinski definition) is 3. The van der Waals surface area contributed by atoms with Gasteiger partial charge in [0.05, 0.1) is 5.69 Å². The van der Waals surface area contributed by atoms with E-state index in [0.29, 0.717) is 10.5 Å². The first-order valence-corrected chi connectivity index (χ1v) is 7.76. The Kier molecular flexibility index (Phi) is 3.69. The number of halogens is 3. The van der Waals surface area contributed by atoms with E-state index in [4.69, 9.17) is 0 Å². The van der Waals surface area contributed by atoms with Crippen molar-refractivity contribution in [3.05, 3.63) is 45.8 Å². The van der Waals surface area contributed by atoms with E-state index in [0.717, 1.165) is 23.5 Å². The van der Waals surface area contributed by atoms with Gasteiger partial charge in [-0.05, 0) is 39.5 Å². The van der Waals surface area contributed by atoms with Crippen molar-refractivity contribution in [3.8, 4) is 0 Å². The fourth-order valence-corrected chi connectivity index (χ4v) is 4.64. The third-order valence-corrected chi connectivity index (χ3v) is 6.04. The summed E-state index contributed by atoms with van der Waals surface area (Å²) in [5.41, 5.74) is -0.295. The van der Waals surface area contributed by atoms with Crippen molar-refractivity contribution in [1.82, 2.24) is 0 Å². The quantitative estimate of drug-likeness (QED) is 0.916. The van der Waals surface area contributed by atoms with Gasteiger partial charge in [-0.1, -0.05) is 0 Å². The molecule has 0 bridgehead atoms. The average Bonchev–Trinajstić information content (AvgIpc) is 2.69. The zero-order valence-electron chi connectivity index (χ0n) is 8.65. The van der Waals surface area contributed by atoms with Gasteiger partial charge in [-0.25, -0.2) is 17.2 Å². The molecule has 0 unspecified atom stereocenters. The zero-order valence-corrected chi connectivity index (χ0v) is 11.9. The molecule has 0 saturated carbocycles. The minimum Gasteiger partial charge on any atom is -0.276 e. The maximum absolute atomic E-state index is 13.3. The van der Waals surface area contributed by atoms with Gasteiger partial charge in [0.25, 0.3) is 10.0 Å². The molecule has 1 aromatic carbocycles. The van der Waals surface area contributed by atoms with Gasteiger partial charge in [0.1, 0.15) is 11.6 Å². The Morgan fingerprint density at radius 2 is 1.94 bits per heavy atom. The molecule has 3 nitrogen and oxygen atoms in total. The van der Waals surface area contributed by atoms with E-state index < -0.39 is 21.7 Å². The molecule has 1 aromatic heterocycles. The highest BCUT2D eigenvalue weighted by Gasteiger charge is 2.20. The second-order valence-electron chi connectivity index (χ2n) is 3.29. The molecule has 0 aliphatic carbocycles. The maximum atomic E-state index is 13.3. The molecule has 2 aromatic rings. The number of nitrogens with one attached hydrogen (secondary N) is 1. The number of benzene rings is 1. The predicted molar refractivity (Wildman–Crippen MR) is 69.2 cm³/mol. The molecule has 1 N–H and O–H groups in total. The van der Waals surface area contributed by atoms with Gasteiger partial charge in [0.2, 0.25) is 0 Å². The van der Waals surface area contributed by atoms with Crippen LogP contribution >= 0.6 is 27.3 Å². The molecule has 1 heterocycles. The third-order valence-electron chi connectivity index (χ3n) is 2.00. The summed E-state index contributed by atoms with van der Waals surface area (Å²) in [6.07, 6.45) is 0. The molecule has 96 valence electrons. The van der Waals surface area contributed by atoms with Gasteiger partial charge in [-0.2, -0.15) is 0 Å². The van der Waals surface area contributed by atoms with Crippen LogP contribution in [0, 0.1) is 11.6 Å². The predicted octanol–water partition coefficient (Wildman–Crippen LogP) is 3.59. The average molecular weight is 354 g/mol. The lowest BCUT2D eigenvalue weighted by molar-refractivity contribution is 0.583. The fourth-order valence-electron chi connectivity index (χ4n) is 1.23.